The first-order chi connectivity index (χ1) is 20.0. The van der Waals surface area contributed by atoms with Gasteiger partial charge in [0, 0.05) is 24.5 Å². The summed E-state index contributed by atoms with van der Waals surface area (Å²) in [6, 6.07) is 23.9. The van der Waals surface area contributed by atoms with Gasteiger partial charge in [-0.1, -0.05) is 56.1 Å². The Morgan fingerprint density at radius 2 is 1.63 bits per heavy atom. The molecular weight excluding hydrogens is 534 g/mol. The van der Waals surface area contributed by atoms with Crippen LogP contribution in [0.4, 0.5) is 0 Å². The Bertz CT molecular complexity index is 1350. The number of hydrogen-bond acceptors (Lipinski definition) is 4. The molecule has 0 saturated heterocycles. The third-order valence-electron chi connectivity index (χ3n) is 7.42. The molecule has 0 aliphatic carbocycles. The molecule has 0 radical (unpaired) electrons. The Kier molecular flexibility index (Phi) is 11.9. The van der Waals surface area contributed by atoms with Gasteiger partial charge in [0.05, 0.1) is 17.6 Å². The minimum Gasteiger partial charge on any atom is -0.494 e. The lowest BCUT2D eigenvalue weighted by molar-refractivity contribution is -0.123. The van der Waals surface area contributed by atoms with Gasteiger partial charge < -0.3 is 19.4 Å². The molecule has 6 nitrogen and oxygen atoms in total. The zero-order chi connectivity index (χ0) is 28.9. The molecule has 0 aliphatic heterocycles. The molecule has 1 amide bonds. The Morgan fingerprint density at radius 1 is 0.902 bits per heavy atom. The number of unbranched alkanes of at least 4 members (excludes halogenated alkanes) is 3. The van der Waals surface area contributed by atoms with E-state index in [4.69, 9.17) is 26.1 Å². The van der Waals surface area contributed by atoms with Crippen molar-refractivity contribution in [3.63, 3.8) is 0 Å². The molecule has 0 aliphatic rings. The minimum atomic E-state index is -0.117. The molecule has 1 unspecified atom stereocenters. The van der Waals surface area contributed by atoms with E-state index in [2.05, 4.69) is 66.2 Å². The third kappa shape index (κ3) is 9.53. The van der Waals surface area contributed by atoms with Crippen molar-refractivity contribution in [2.75, 3.05) is 19.8 Å². The molecule has 0 bridgehead atoms. The predicted molar refractivity (Wildman–Crippen MR) is 167 cm³/mol. The number of nitrogens with one attached hydrogen (secondary N) is 1. The number of carbonyl (C=O) groups excluding carboxylic acids is 1. The molecular formula is C34H42ClN3O3. The first-order valence-corrected chi connectivity index (χ1v) is 15.2. The number of imidazole rings is 1. The van der Waals surface area contributed by atoms with Crippen molar-refractivity contribution in [2.45, 2.75) is 71.3 Å². The van der Waals surface area contributed by atoms with Crippen molar-refractivity contribution >= 4 is 28.5 Å². The Hall–Kier alpha value is -3.51. The van der Waals surface area contributed by atoms with Gasteiger partial charge in [0.25, 0.3) is 5.91 Å². The largest absolute Gasteiger partial charge is 0.494 e. The molecule has 218 valence electrons. The van der Waals surface area contributed by atoms with E-state index in [1.165, 1.54) is 11.1 Å². The van der Waals surface area contributed by atoms with E-state index in [9.17, 15) is 4.79 Å². The van der Waals surface area contributed by atoms with E-state index < -0.39 is 0 Å². The summed E-state index contributed by atoms with van der Waals surface area (Å²) in [7, 11) is 0. The van der Waals surface area contributed by atoms with Gasteiger partial charge in [0.1, 0.15) is 17.3 Å². The number of fused-ring (bicyclic) bond motifs is 1. The number of benzene rings is 3. The maximum atomic E-state index is 12.1. The quantitative estimate of drug-likeness (QED) is 0.130. The topological polar surface area (TPSA) is 65.4 Å². The first kappa shape index (κ1) is 30.4. The molecule has 4 rings (SSSR count). The molecule has 0 fully saturated rings. The van der Waals surface area contributed by atoms with Crippen LogP contribution in [-0.2, 0) is 17.8 Å². The third-order valence-corrected chi connectivity index (χ3v) is 7.67. The van der Waals surface area contributed by atoms with Crippen LogP contribution in [-0.4, -0.2) is 35.2 Å². The molecule has 1 atom stereocenters. The maximum Gasteiger partial charge on any atom is 0.257 e. The van der Waals surface area contributed by atoms with Crippen LogP contribution in [0.5, 0.6) is 11.5 Å². The van der Waals surface area contributed by atoms with E-state index in [1.54, 1.807) is 24.3 Å². The highest BCUT2D eigenvalue weighted by molar-refractivity contribution is 6.30. The number of nitrogens with zero attached hydrogens (tertiary/aromatic N) is 2. The van der Waals surface area contributed by atoms with E-state index in [-0.39, 0.29) is 12.5 Å². The highest BCUT2D eigenvalue weighted by Crippen LogP contribution is 2.22. The van der Waals surface area contributed by atoms with Crippen molar-refractivity contribution in [3.8, 4) is 11.5 Å². The van der Waals surface area contributed by atoms with Crippen LogP contribution in [0.15, 0.2) is 72.8 Å². The van der Waals surface area contributed by atoms with Crippen LogP contribution in [0.25, 0.3) is 11.0 Å². The van der Waals surface area contributed by atoms with Crippen LogP contribution >= 0.6 is 11.6 Å². The maximum absolute atomic E-state index is 12.1. The normalized spacial score (nSPS) is 11.9. The fourth-order valence-corrected chi connectivity index (χ4v) is 4.93. The summed E-state index contributed by atoms with van der Waals surface area (Å²) in [6.45, 7) is 6.75. The summed E-state index contributed by atoms with van der Waals surface area (Å²) in [6.07, 6.45) is 7.04. The van der Waals surface area contributed by atoms with E-state index >= 15 is 0 Å². The standard InChI is InChI=1S/C34H42ClN3O3/c1-3-26(2)27-14-18-29(19-15-27)40-24-10-9-23-38-32-12-7-6-11-31(32)37-33(38)13-5-4-8-22-36-34(39)25-41-30-20-16-28(35)17-21-30/h6-7,11-12,14-21,26H,3-5,8-10,13,22-25H2,1-2H3,(H,36,39). The average molecular weight is 576 g/mol. The second-order valence-corrected chi connectivity index (χ2v) is 10.9. The molecule has 1 N–H and O–H groups in total. The van der Waals surface area contributed by atoms with Crippen LogP contribution in [0, 0.1) is 0 Å². The van der Waals surface area contributed by atoms with Crippen molar-refractivity contribution in [1.82, 2.24) is 14.9 Å². The monoisotopic (exact) mass is 575 g/mol. The van der Waals surface area contributed by atoms with Gasteiger partial charge in [-0.2, -0.15) is 0 Å². The highest BCUT2D eigenvalue weighted by Gasteiger charge is 2.10. The van der Waals surface area contributed by atoms with E-state index in [1.807, 2.05) is 6.07 Å². The molecule has 0 spiro atoms. The van der Waals surface area contributed by atoms with Gasteiger partial charge in [0.15, 0.2) is 6.61 Å². The zero-order valence-corrected chi connectivity index (χ0v) is 25.0. The fraction of sp³-hybridized carbons (Fsp3) is 0.412. The smallest absolute Gasteiger partial charge is 0.257 e. The lowest BCUT2D eigenvalue weighted by Gasteiger charge is -2.12. The number of aryl methyl sites for hydroxylation is 2. The second-order valence-electron chi connectivity index (χ2n) is 10.5. The lowest BCUT2D eigenvalue weighted by Crippen LogP contribution is -2.29. The summed E-state index contributed by atoms with van der Waals surface area (Å²) in [5.74, 6) is 3.17. The van der Waals surface area contributed by atoms with Crippen molar-refractivity contribution in [2.24, 2.45) is 0 Å². The summed E-state index contributed by atoms with van der Waals surface area (Å²) < 4.78 is 13.9. The molecule has 1 aromatic heterocycles. The predicted octanol–water partition coefficient (Wildman–Crippen LogP) is 7.97. The highest BCUT2D eigenvalue weighted by atomic mass is 35.5. The minimum absolute atomic E-state index is 0.00120. The number of carbonyl (C=O) groups is 1. The average Bonchev–Trinajstić information content (AvgIpc) is 3.35. The molecule has 41 heavy (non-hydrogen) atoms. The molecule has 1 heterocycles. The van der Waals surface area contributed by atoms with Crippen LogP contribution < -0.4 is 14.8 Å². The number of amides is 1. The summed E-state index contributed by atoms with van der Waals surface area (Å²) in [5.41, 5.74) is 3.61. The Morgan fingerprint density at radius 3 is 2.41 bits per heavy atom. The van der Waals surface area contributed by atoms with Gasteiger partial charge in [-0.3, -0.25) is 4.79 Å². The van der Waals surface area contributed by atoms with E-state index in [0.717, 1.165) is 68.6 Å². The molecule has 4 aromatic rings. The molecule has 3 aromatic carbocycles. The number of para-hydroxylation sites is 2. The van der Waals surface area contributed by atoms with Crippen molar-refractivity contribution in [3.05, 3.63) is 89.2 Å². The lowest BCUT2D eigenvalue weighted by atomic mass is 9.99. The van der Waals surface area contributed by atoms with Gasteiger partial charge in [0.2, 0.25) is 0 Å². The number of aromatic nitrogens is 2. The number of ether oxygens (including phenoxy) is 2. The van der Waals surface area contributed by atoms with Crippen molar-refractivity contribution < 1.29 is 14.3 Å². The Labute approximate surface area is 249 Å². The van der Waals surface area contributed by atoms with Gasteiger partial charge >= 0.3 is 0 Å². The fourth-order valence-electron chi connectivity index (χ4n) is 4.80. The summed E-state index contributed by atoms with van der Waals surface area (Å²) >= 11 is 5.88. The number of halogens is 1. The van der Waals surface area contributed by atoms with E-state index in [0.29, 0.717) is 29.8 Å². The summed E-state index contributed by atoms with van der Waals surface area (Å²) in [5, 5.41) is 3.58. The number of hydrogen-bond donors (Lipinski definition) is 1. The summed E-state index contributed by atoms with van der Waals surface area (Å²) in [4.78, 5) is 17.0. The zero-order valence-electron chi connectivity index (χ0n) is 24.3. The number of rotatable bonds is 17. The molecule has 7 heteroatoms. The van der Waals surface area contributed by atoms with Crippen LogP contribution in [0.2, 0.25) is 5.02 Å². The SMILES string of the molecule is CCC(C)c1ccc(OCCCCn2c(CCCCCNC(=O)COc3ccc(Cl)cc3)nc3ccccc32)cc1. The van der Waals surface area contributed by atoms with Gasteiger partial charge in [-0.15, -0.1) is 0 Å². The Balaban J connectivity index is 1.16. The van der Waals surface area contributed by atoms with Gasteiger partial charge in [-0.25, -0.2) is 4.98 Å². The molecule has 0 saturated carbocycles. The second kappa shape index (κ2) is 16.1. The van der Waals surface area contributed by atoms with Crippen molar-refractivity contribution in [1.29, 1.82) is 0 Å². The van der Waals surface area contributed by atoms with Crippen LogP contribution in [0.1, 0.15) is 69.7 Å². The van der Waals surface area contributed by atoms with Crippen LogP contribution in [0.3, 0.4) is 0 Å². The first-order valence-electron chi connectivity index (χ1n) is 14.9. The van der Waals surface area contributed by atoms with Gasteiger partial charge in [-0.05, 0) is 92.1 Å².